The molecule has 0 amide bonds. The summed E-state index contributed by atoms with van der Waals surface area (Å²) in [7, 11) is 0. The third kappa shape index (κ3) is 3.08. The van der Waals surface area contributed by atoms with E-state index in [2.05, 4.69) is 5.32 Å². The number of nitro benzene ring substituents is 1. The van der Waals surface area contributed by atoms with Gasteiger partial charge in [-0.15, -0.1) is 0 Å². The lowest BCUT2D eigenvalue weighted by Gasteiger charge is -2.17. The van der Waals surface area contributed by atoms with Gasteiger partial charge in [-0.3, -0.25) is 10.1 Å². The summed E-state index contributed by atoms with van der Waals surface area (Å²) in [5, 5.41) is 23.4. The molecule has 0 aliphatic carbocycles. The second-order valence-corrected chi connectivity index (χ2v) is 4.06. The average Bonchev–Trinajstić information content (AvgIpc) is 2.46. The van der Waals surface area contributed by atoms with E-state index in [9.17, 15) is 15.2 Å². The molecule has 0 saturated carbocycles. The minimum atomic E-state index is -0.443. The van der Waals surface area contributed by atoms with Crippen LogP contribution in [0.5, 0.6) is 0 Å². The van der Waals surface area contributed by atoms with Crippen molar-refractivity contribution in [2.45, 2.75) is 6.04 Å². The van der Waals surface area contributed by atoms with E-state index in [1.807, 2.05) is 30.3 Å². The van der Waals surface area contributed by atoms with Crippen molar-refractivity contribution in [3.8, 4) is 0 Å². The SMILES string of the molecule is O=[N+]([O-])c1ccccc1N[C@@H](CO)c1ccccc1. The summed E-state index contributed by atoms with van der Waals surface area (Å²) in [6, 6.07) is 15.3. The van der Waals surface area contributed by atoms with E-state index in [0.29, 0.717) is 5.69 Å². The Morgan fingerprint density at radius 1 is 1.11 bits per heavy atom. The molecule has 0 heterocycles. The van der Waals surface area contributed by atoms with Crippen LogP contribution >= 0.6 is 0 Å². The first-order valence-electron chi connectivity index (χ1n) is 5.88. The molecule has 98 valence electrons. The quantitative estimate of drug-likeness (QED) is 0.638. The van der Waals surface area contributed by atoms with Gasteiger partial charge in [0, 0.05) is 6.07 Å². The molecule has 2 rings (SSSR count). The van der Waals surface area contributed by atoms with Crippen molar-refractivity contribution in [1.29, 1.82) is 0 Å². The van der Waals surface area contributed by atoms with Crippen molar-refractivity contribution in [3.05, 3.63) is 70.3 Å². The number of aliphatic hydroxyl groups is 1. The van der Waals surface area contributed by atoms with Crippen molar-refractivity contribution in [2.75, 3.05) is 11.9 Å². The number of nitro groups is 1. The number of nitrogens with one attached hydrogen (secondary N) is 1. The number of para-hydroxylation sites is 2. The molecule has 2 aromatic rings. The lowest BCUT2D eigenvalue weighted by atomic mass is 10.1. The predicted molar refractivity (Wildman–Crippen MR) is 73.0 cm³/mol. The average molecular weight is 258 g/mol. The van der Waals surface area contributed by atoms with Crippen LogP contribution in [0, 0.1) is 10.1 Å². The molecule has 5 nitrogen and oxygen atoms in total. The highest BCUT2D eigenvalue weighted by Crippen LogP contribution is 2.27. The van der Waals surface area contributed by atoms with E-state index in [-0.39, 0.29) is 18.3 Å². The number of anilines is 1. The summed E-state index contributed by atoms with van der Waals surface area (Å²) in [6.07, 6.45) is 0. The molecule has 1 atom stereocenters. The fraction of sp³-hybridized carbons (Fsp3) is 0.143. The molecule has 0 fully saturated rings. The Morgan fingerprint density at radius 2 is 1.74 bits per heavy atom. The van der Waals surface area contributed by atoms with E-state index in [1.165, 1.54) is 6.07 Å². The molecular weight excluding hydrogens is 244 g/mol. The molecule has 2 aromatic carbocycles. The third-order valence-electron chi connectivity index (χ3n) is 2.81. The molecule has 5 heteroatoms. The first kappa shape index (κ1) is 13.0. The Morgan fingerprint density at radius 3 is 2.37 bits per heavy atom. The Balaban J connectivity index is 2.27. The van der Waals surface area contributed by atoms with Crippen LogP contribution in [0.15, 0.2) is 54.6 Å². The minimum absolute atomic E-state index is 0.00289. The number of benzene rings is 2. The fourth-order valence-electron chi connectivity index (χ4n) is 1.86. The first-order chi connectivity index (χ1) is 9.22. The van der Waals surface area contributed by atoms with Crippen molar-refractivity contribution in [1.82, 2.24) is 0 Å². The molecule has 0 unspecified atom stereocenters. The molecule has 0 saturated heterocycles. The molecule has 0 aliphatic rings. The zero-order chi connectivity index (χ0) is 13.7. The monoisotopic (exact) mass is 258 g/mol. The highest BCUT2D eigenvalue weighted by molar-refractivity contribution is 5.62. The smallest absolute Gasteiger partial charge is 0.292 e. The van der Waals surface area contributed by atoms with Crippen LogP contribution in [-0.4, -0.2) is 16.6 Å². The van der Waals surface area contributed by atoms with Gasteiger partial charge in [-0.2, -0.15) is 0 Å². The van der Waals surface area contributed by atoms with Gasteiger partial charge in [0.25, 0.3) is 5.69 Å². The van der Waals surface area contributed by atoms with Gasteiger partial charge >= 0.3 is 0 Å². The highest BCUT2D eigenvalue weighted by atomic mass is 16.6. The van der Waals surface area contributed by atoms with E-state index in [1.54, 1.807) is 18.2 Å². The van der Waals surface area contributed by atoms with Crippen LogP contribution in [0.3, 0.4) is 0 Å². The summed E-state index contributed by atoms with van der Waals surface area (Å²) in [5.41, 5.74) is 1.27. The van der Waals surface area contributed by atoms with E-state index < -0.39 is 4.92 Å². The van der Waals surface area contributed by atoms with Crippen LogP contribution in [0.1, 0.15) is 11.6 Å². The van der Waals surface area contributed by atoms with Crippen molar-refractivity contribution in [3.63, 3.8) is 0 Å². The van der Waals surface area contributed by atoms with Gasteiger partial charge in [-0.1, -0.05) is 42.5 Å². The van der Waals surface area contributed by atoms with Gasteiger partial charge in [0.15, 0.2) is 0 Å². The minimum Gasteiger partial charge on any atom is -0.394 e. The van der Waals surface area contributed by atoms with Crippen LogP contribution < -0.4 is 5.32 Å². The van der Waals surface area contributed by atoms with Crippen molar-refractivity contribution >= 4 is 11.4 Å². The molecule has 0 spiro atoms. The molecule has 0 bridgehead atoms. The van der Waals surface area contributed by atoms with Crippen LogP contribution in [0.25, 0.3) is 0 Å². The maximum absolute atomic E-state index is 10.9. The number of aliphatic hydroxyl groups excluding tert-OH is 1. The lowest BCUT2D eigenvalue weighted by Crippen LogP contribution is -2.15. The second kappa shape index (κ2) is 5.97. The largest absolute Gasteiger partial charge is 0.394 e. The van der Waals surface area contributed by atoms with Crippen LogP contribution in [-0.2, 0) is 0 Å². The van der Waals surface area contributed by atoms with Gasteiger partial charge < -0.3 is 10.4 Å². The second-order valence-electron chi connectivity index (χ2n) is 4.06. The van der Waals surface area contributed by atoms with Gasteiger partial charge in [0.1, 0.15) is 5.69 Å². The zero-order valence-corrected chi connectivity index (χ0v) is 10.2. The summed E-state index contributed by atoms with van der Waals surface area (Å²) in [4.78, 5) is 10.5. The van der Waals surface area contributed by atoms with Gasteiger partial charge in [0.05, 0.1) is 17.6 Å². The van der Waals surface area contributed by atoms with Crippen LogP contribution in [0.4, 0.5) is 11.4 Å². The fourth-order valence-corrected chi connectivity index (χ4v) is 1.86. The Hall–Kier alpha value is -2.40. The summed E-state index contributed by atoms with van der Waals surface area (Å²) >= 11 is 0. The molecule has 0 aromatic heterocycles. The topological polar surface area (TPSA) is 75.4 Å². The van der Waals surface area contributed by atoms with E-state index in [0.717, 1.165) is 5.56 Å². The van der Waals surface area contributed by atoms with Crippen molar-refractivity contribution in [2.24, 2.45) is 0 Å². The maximum atomic E-state index is 10.9. The molecular formula is C14H14N2O3. The normalized spacial score (nSPS) is 11.8. The van der Waals surface area contributed by atoms with E-state index in [4.69, 9.17) is 0 Å². The molecule has 2 N–H and O–H groups in total. The Kier molecular flexibility index (Phi) is 4.10. The maximum Gasteiger partial charge on any atom is 0.292 e. The summed E-state index contributed by atoms with van der Waals surface area (Å²) in [5.74, 6) is 0. The molecule has 19 heavy (non-hydrogen) atoms. The third-order valence-corrected chi connectivity index (χ3v) is 2.81. The summed E-state index contributed by atoms with van der Waals surface area (Å²) in [6.45, 7) is -0.143. The summed E-state index contributed by atoms with van der Waals surface area (Å²) < 4.78 is 0. The highest BCUT2D eigenvalue weighted by Gasteiger charge is 2.16. The van der Waals surface area contributed by atoms with Gasteiger partial charge in [0.2, 0.25) is 0 Å². The molecule has 0 radical (unpaired) electrons. The number of hydrogen-bond acceptors (Lipinski definition) is 4. The number of rotatable bonds is 5. The van der Waals surface area contributed by atoms with Crippen molar-refractivity contribution < 1.29 is 10.0 Å². The standard InChI is InChI=1S/C14H14N2O3/c17-10-13(11-6-2-1-3-7-11)15-12-8-4-5-9-14(12)16(18)19/h1-9,13,15,17H,10H2/t13-/m0/s1. The number of hydrogen-bond donors (Lipinski definition) is 2. The Labute approximate surface area is 110 Å². The molecule has 0 aliphatic heterocycles. The predicted octanol–water partition coefficient (Wildman–Crippen LogP) is 2.74. The number of nitrogens with zero attached hydrogens (tertiary/aromatic N) is 1. The van der Waals surface area contributed by atoms with Gasteiger partial charge in [-0.25, -0.2) is 0 Å². The lowest BCUT2D eigenvalue weighted by molar-refractivity contribution is -0.384. The Bertz CT molecular complexity index is 558. The van der Waals surface area contributed by atoms with Crippen LogP contribution in [0.2, 0.25) is 0 Å². The zero-order valence-electron chi connectivity index (χ0n) is 10.2. The van der Waals surface area contributed by atoms with E-state index >= 15 is 0 Å². The van der Waals surface area contributed by atoms with Gasteiger partial charge in [-0.05, 0) is 11.6 Å². The first-order valence-corrected chi connectivity index (χ1v) is 5.88.